The van der Waals surface area contributed by atoms with E-state index in [2.05, 4.69) is 0 Å². The maximum atomic E-state index is 11.2. The van der Waals surface area contributed by atoms with E-state index in [0.717, 1.165) is 54.4 Å². The molecular weight excluding hydrogens is 540 g/mol. The zero-order chi connectivity index (χ0) is 30.3. The Morgan fingerprint density at radius 2 is 1.38 bits per heavy atom. The van der Waals surface area contributed by atoms with Crippen LogP contribution < -0.4 is 14.2 Å². The van der Waals surface area contributed by atoms with E-state index in [1.807, 2.05) is 43.3 Å². The van der Waals surface area contributed by atoms with Crippen LogP contribution in [0.1, 0.15) is 63.0 Å². The molecule has 0 aliphatic heterocycles. The zero-order valence-electron chi connectivity index (χ0n) is 24.0. The number of carboxylic acid groups (broad SMARTS) is 2. The van der Waals surface area contributed by atoms with E-state index in [9.17, 15) is 24.9 Å². The Bertz CT molecular complexity index is 1320. The van der Waals surface area contributed by atoms with E-state index in [1.54, 1.807) is 6.07 Å². The molecule has 3 aromatic rings. The Balaban J connectivity index is 1.51. The van der Waals surface area contributed by atoms with Crippen molar-refractivity contribution in [3.05, 3.63) is 65.7 Å². The van der Waals surface area contributed by atoms with Crippen LogP contribution in [-0.2, 0) is 22.4 Å². The highest BCUT2D eigenvalue weighted by Crippen LogP contribution is 2.35. The molecule has 0 radical (unpaired) electrons. The molecule has 0 amide bonds. The van der Waals surface area contributed by atoms with E-state index < -0.39 is 11.9 Å². The van der Waals surface area contributed by atoms with Crippen LogP contribution in [0.4, 0.5) is 0 Å². The van der Waals surface area contributed by atoms with E-state index in [-0.39, 0.29) is 30.9 Å². The molecule has 0 heterocycles. The fraction of sp³-hybridized carbons (Fsp3) is 0.394. The minimum Gasteiger partial charge on any atom is -0.504 e. The first kappa shape index (κ1) is 32.1. The van der Waals surface area contributed by atoms with E-state index in [4.69, 9.17) is 19.3 Å². The Morgan fingerprint density at radius 3 is 2.10 bits per heavy atom. The highest BCUT2D eigenvalue weighted by Gasteiger charge is 2.12. The van der Waals surface area contributed by atoms with Crippen LogP contribution in [0.15, 0.2) is 54.6 Å². The predicted molar refractivity (Wildman–Crippen MR) is 159 cm³/mol. The van der Waals surface area contributed by atoms with E-state index in [1.165, 1.54) is 12.1 Å². The fourth-order valence-electron chi connectivity index (χ4n) is 4.64. The van der Waals surface area contributed by atoms with E-state index in [0.29, 0.717) is 43.3 Å². The molecule has 0 atom stereocenters. The highest BCUT2D eigenvalue weighted by molar-refractivity contribution is 5.70. The maximum absolute atomic E-state index is 11.2. The summed E-state index contributed by atoms with van der Waals surface area (Å²) >= 11 is 0. The molecule has 226 valence electrons. The van der Waals surface area contributed by atoms with Gasteiger partial charge < -0.3 is 34.6 Å². The average molecular weight is 581 g/mol. The van der Waals surface area contributed by atoms with E-state index >= 15 is 0 Å². The van der Waals surface area contributed by atoms with Crippen molar-refractivity contribution in [3.63, 3.8) is 0 Å². The van der Waals surface area contributed by atoms with Crippen molar-refractivity contribution in [2.24, 2.45) is 0 Å². The summed E-state index contributed by atoms with van der Waals surface area (Å²) < 4.78 is 17.5. The van der Waals surface area contributed by atoms with Crippen molar-refractivity contribution < 1.29 is 44.2 Å². The van der Waals surface area contributed by atoms with Crippen LogP contribution in [0.25, 0.3) is 11.1 Å². The minimum atomic E-state index is -0.873. The van der Waals surface area contributed by atoms with Gasteiger partial charge in [-0.1, -0.05) is 31.0 Å². The number of phenols is 2. The summed E-state index contributed by atoms with van der Waals surface area (Å²) in [5.74, 6) is -0.174. The Hall–Kier alpha value is -4.40. The number of benzene rings is 3. The number of carboxylic acids is 2. The summed E-state index contributed by atoms with van der Waals surface area (Å²) in [5.41, 5.74) is 3.47. The van der Waals surface area contributed by atoms with Gasteiger partial charge in [-0.05, 0) is 91.6 Å². The van der Waals surface area contributed by atoms with Crippen LogP contribution in [0, 0.1) is 0 Å². The molecular formula is C33H40O9. The molecule has 42 heavy (non-hydrogen) atoms. The first-order valence-electron chi connectivity index (χ1n) is 14.4. The van der Waals surface area contributed by atoms with Gasteiger partial charge >= 0.3 is 11.9 Å². The van der Waals surface area contributed by atoms with Gasteiger partial charge in [0.1, 0.15) is 17.2 Å². The topological polar surface area (TPSA) is 143 Å². The first-order valence-corrected chi connectivity index (χ1v) is 14.4. The standard InChI is InChI=1S/C33H40O9/c1-2-40-26-19-25(24-13-15-29(34)30(35)21-24)20-27(22-26)41-17-6-4-3-5-9-23-10-7-11-31(28(23)14-16-33(38)39)42-18-8-12-32(36)37/h7,10-11,13,15,19-22,34-35H,2-6,8-9,12,14,16-18H2,1H3,(H,36,37)(H,38,39). The minimum absolute atomic E-state index is 0.0000440. The number of hydrogen-bond donors (Lipinski definition) is 4. The number of ether oxygens (including phenoxy) is 3. The van der Waals surface area contributed by atoms with Crippen molar-refractivity contribution in [1.29, 1.82) is 0 Å². The lowest BCUT2D eigenvalue weighted by Gasteiger charge is -2.15. The first-order chi connectivity index (χ1) is 20.3. The number of rotatable bonds is 19. The highest BCUT2D eigenvalue weighted by atomic mass is 16.5. The predicted octanol–water partition coefficient (Wildman–Crippen LogP) is 6.61. The third-order valence-corrected chi connectivity index (χ3v) is 6.72. The summed E-state index contributed by atoms with van der Waals surface area (Å²) in [6, 6.07) is 16.0. The quantitative estimate of drug-likeness (QED) is 0.0910. The van der Waals surface area contributed by atoms with Gasteiger partial charge in [0.05, 0.1) is 19.8 Å². The third-order valence-electron chi connectivity index (χ3n) is 6.72. The maximum Gasteiger partial charge on any atom is 0.303 e. The second kappa shape index (κ2) is 16.8. The monoisotopic (exact) mass is 580 g/mol. The van der Waals surface area contributed by atoms with Crippen molar-refractivity contribution in [3.8, 4) is 39.9 Å². The molecule has 0 unspecified atom stereocenters. The van der Waals surface area contributed by atoms with Gasteiger partial charge in [0.2, 0.25) is 0 Å². The Kier molecular flexibility index (Phi) is 12.8. The van der Waals surface area contributed by atoms with Crippen molar-refractivity contribution in [1.82, 2.24) is 0 Å². The largest absolute Gasteiger partial charge is 0.504 e. The lowest BCUT2D eigenvalue weighted by molar-refractivity contribution is -0.138. The van der Waals surface area contributed by atoms with Crippen LogP contribution in [0.2, 0.25) is 0 Å². The summed E-state index contributed by atoms with van der Waals surface area (Å²) in [4.78, 5) is 22.0. The Labute approximate surface area is 246 Å². The molecule has 0 saturated heterocycles. The number of unbranched alkanes of at least 4 members (excludes halogenated alkanes) is 3. The molecule has 0 bridgehead atoms. The van der Waals surface area contributed by atoms with Gasteiger partial charge in [0.25, 0.3) is 0 Å². The van der Waals surface area contributed by atoms with Gasteiger partial charge in [-0.2, -0.15) is 0 Å². The summed E-state index contributed by atoms with van der Waals surface area (Å²) in [6.07, 6.45) is 5.28. The lowest BCUT2D eigenvalue weighted by Crippen LogP contribution is -2.07. The number of hydrogen-bond acceptors (Lipinski definition) is 7. The summed E-state index contributed by atoms with van der Waals surface area (Å²) in [5, 5.41) is 37.6. The molecule has 9 heteroatoms. The third kappa shape index (κ3) is 10.5. The second-order valence-electron chi connectivity index (χ2n) is 9.98. The fourth-order valence-corrected chi connectivity index (χ4v) is 4.64. The molecule has 0 saturated carbocycles. The molecule has 3 rings (SSSR count). The Morgan fingerprint density at radius 1 is 0.667 bits per heavy atom. The number of aromatic hydroxyl groups is 2. The van der Waals surface area contributed by atoms with Crippen LogP contribution in [-0.4, -0.2) is 52.2 Å². The van der Waals surface area contributed by atoms with Gasteiger partial charge in [-0.15, -0.1) is 0 Å². The smallest absolute Gasteiger partial charge is 0.303 e. The lowest BCUT2D eigenvalue weighted by atomic mass is 9.97. The molecule has 3 aromatic carbocycles. The normalized spacial score (nSPS) is 10.8. The molecule has 0 aliphatic rings. The number of phenolic OH excluding ortho intramolecular Hbond substituents is 2. The summed E-state index contributed by atoms with van der Waals surface area (Å²) in [6.45, 7) is 3.20. The van der Waals surface area contributed by atoms with Crippen LogP contribution in [0.5, 0.6) is 28.7 Å². The van der Waals surface area contributed by atoms with Gasteiger partial charge in [0, 0.05) is 18.9 Å². The second-order valence-corrected chi connectivity index (χ2v) is 9.98. The average Bonchev–Trinajstić information content (AvgIpc) is 2.95. The van der Waals surface area contributed by atoms with Crippen molar-refractivity contribution >= 4 is 11.9 Å². The SMILES string of the molecule is CCOc1cc(OCCCCCCc2cccc(OCCCC(=O)O)c2CCC(=O)O)cc(-c2ccc(O)c(O)c2)c1. The molecule has 0 spiro atoms. The van der Waals surface area contributed by atoms with Gasteiger partial charge in [-0.3, -0.25) is 9.59 Å². The number of aliphatic carboxylic acids is 2. The molecule has 4 N–H and O–H groups in total. The van der Waals surface area contributed by atoms with Crippen molar-refractivity contribution in [2.45, 2.75) is 64.7 Å². The number of carbonyl (C=O) groups is 2. The van der Waals surface area contributed by atoms with Gasteiger partial charge in [-0.25, -0.2) is 0 Å². The summed E-state index contributed by atoms with van der Waals surface area (Å²) in [7, 11) is 0. The van der Waals surface area contributed by atoms with Crippen molar-refractivity contribution in [2.75, 3.05) is 19.8 Å². The van der Waals surface area contributed by atoms with Crippen LogP contribution in [0.3, 0.4) is 0 Å². The molecule has 9 nitrogen and oxygen atoms in total. The van der Waals surface area contributed by atoms with Gasteiger partial charge in [0.15, 0.2) is 11.5 Å². The number of aryl methyl sites for hydroxylation is 1. The molecule has 0 aromatic heterocycles. The zero-order valence-corrected chi connectivity index (χ0v) is 24.0. The molecule has 0 fully saturated rings. The molecule has 0 aliphatic carbocycles. The van der Waals surface area contributed by atoms with Crippen LogP contribution >= 0.6 is 0 Å².